The quantitative estimate of drug-likeness (QED) is 0.568. The zero-order valence-corrected chi connectivity index (χ0v) is 17.1. The van der Waals surface area contributed by atoms with E-state index in [1.54, 1.807) is 7.11 Å². The normalized spacial score (nSPS) is 18.3. The number of aliphatic imine (C=N–C) groups is 1. The standard InChI is InChI=1S/C21H34N4O2/c1-5-23-20(25-11-7-8-16(14-25)12-19(22)26)24-15-21(2,3)17-9-6-10-18(13-17)27-4/h6,9-10,13,16H,5,7-8,11-12,14-15H2,1-4H3,(H2,22,26)(H,23,24). The molecule has 0 bridgehead atoms. The van der Waals surface area contributed by atoms with Crippen LogP contribution >= 0.6 is 0 Å². The maximum absolute atomic E-state index is 11.3. The Morgan fingerprint density at radius 3 is 2.89 bits per heavy atom. The summed E-state index contributed by atoms with van der Waals surface area (Å²) in [4.78, 5) is 18.5. The lowest BCUT2D eigenvalue weighted by Gasteiger charge is -2.35. The van der Waals surface area contributed by atoms with Gasteiger partial charge in [0.05, 0.1) is 13.7 Å². The van der Waals surface area contributed by atoms with E-state index in [0.717, 1.165) is 44.2 Å². The summed E-state index contributed by atoms with van der Waals surface area (Å²) >= 11 is 0. The van der Waals surface area contributed by atoms with Gasteiger partial charge in [0.2, 0.25) is 5.91 Å². The summed E-state index contributed by atoms with van der Waals surface area (Å²) in [5.74, 6) is 1.87. The van der Waals surface area contributed by atoms with Gasteiger partial charge < -0.3 is 20.7 Å². The summed E-state index contributed by atoms with van der Waals surface area (Å²) in [7, 11) is 1.69. The molecule has 1 aromatic rings. The Morgan fingerprint density at radius 1 is 1.44 bits per heavy atom. The van der Waals surface area contributed by atoms with Crippen molar-refractivity contribution in [2.75, 3.05) is 33.3 Å². The molecule has 0 saturated carbocycles. The first-order valence-corrected chi connectivity index (χ1v) is 9.81. The predicted molar refractivity (Wildman–Crippen MR) is 110 cm³/mol. The van der Waals surface area contributed by atoms with Crippen LogP contribution in [0, 0.1) is 5.92 Å². The molecular weight excluding hydrogens is 340 g/mol. The van der Waals surface area contributed by atoms with Crippen molar-refractivity contribution in [1.29, 1.82) is 0 Å². The number of hydrogen-bond acceptors (Lipinski definition) is 3. The highest BCUT2D eigenvalue weighted by Gasteiger charge is 2.25. The van der Waals surface area contributed by atoms with Crippen LogP contribution in [0.2, 0.25) is 0 Å². The molecule has 1 heterocycles. The first-order chi connectivity index (χ1) is 12.9. The fraction of sp³-hybridized carbons (Fsp3) is 0.619. The van der Waals surface area contributed by atoms with Gasteiger partial charge in [-0.3, -0.25) is 9.79 Å². The summed E-state index contributed by atoms with van der Waals surface area (Å²) in [5, 5.41) is 3.41. The number of nitrogens with one attached hydrogen (secondary N) is 1. The second-order valence-electron chi connectivity index (χ2n) is 7.91. The highest BCUT2D eigenvalue weighted by atomic mass is 16.5. The van der Waals surface area contributed by atoms with Gasteiger partial charge in [0.15, 0.2) is 5.96 Å². The number of nitrogens with zero attached hydrogens (tertiary/aromatic N) is 2. The van der Waals surface area contributed by atoms with Crippen molar-refractivity contribution in [3.8, 4) is 5.75 Å². The second kappa shape index (κ2) is 9.62. The van der Waals surface area contributed by atoms with E-state index >= 15 is 0 Å². The van der Waals surface area contributed by atoms with E-state index < -0.39 is 0 Å². The zero-order chi connectivity index (χ0) is 19.9. The molecule has 1 atom stereocenters. The van der Waals surface area contributed by atoms with Gasteiger partial charge in [0.25, 0.3) is 0 Å². The van der Waals surface area contributed by atoms with Crippen LogP contribution in [0.15, 0.2) is 29.3 Å². The SMILES string of the molecule is CCNC(=NCC(C)(C)c1cccc(OC)c1)N1CCCC(CC(N)=O)C1. The van der Waals surface area contributed by atoms with Gasteiger partial charge in [-0.15, -0.1) is 0 Å². The van der Waals surface area contributed by atoms with Crippen molar-refractivity contribution >= 4 is 11.9 Å². The summed E-state index contributed by atoms with van der Waals surface area (Å²) < 4.78 is 5.36. The van der Waals surface area contributed by atoms with Crippen molar-refractivity contribution in [1.82, 2.24) is 10.2 Å². The van der Waals surface area contributed by atoms with Gasteiger partial charge in [0, 0.05) is 31.5 Å². The van der Waals surface area contributed by atoms with Gasteiger partial charge in [0.1, 0.15) is 5.75 Å². The van der Waals surface area contributed by atoms with Crippen molar-refractivity contribution in [2.24, 2.45) is 16.6 Å². The average Bonchev–Trinajstić information content (AvgIpc) is 2.65. The number of carbonyl (C=O) groups excluding carboxylic acids is 1. The Balaban J connectivity index is 2.12. The van der Waals surface area contributed by atoms with Crippen molar-refractivity contribution in [3.05, 3.63) is 29.8 Å². The second-order valence-corrected chi connectivity index (χ2v) is 7.91. The zero-order valence-electron chi connectivity index (χ0n) is 17.1. The number of benzene rings is 1. The number of nitrogens with two attached hydrogens (primary N) is 1. The average molecular weight is 375 g/mol. The first kappa shape index (κ1) is 21.1. The predicted octanol–water partition coefficient (Wildman–Crippen LogP) is 2.53. The number of piperidine rings is 1. The molecule has 1 unspecified atom stereocenters. The smallest absolute Gasteiger partial charge is 0.217 e. The molecule has 1 aromatic carbocycles. The van der Waals surface area contributed by atoms with Gasteiger partial charge in [-0.25, -0.2) is 0 Å². The highest BCUT2D eigenvalue weighted by Crippen LogP contribution is 2.27. The van der Waals surface area contributed by atoms with Gasteiger partial charge in [-0.1, -0.05) is 26.0 Å². The van der Waals surface area contributed by atoms with Crippen molar-refractivity contribution in [3.63, 3.8) is 0 Å². The van der Waals surface area contributed by atoms with E-state index in [1.165, 1.54) is 5.56 Å². The van der Waals surface area contributed by atoms with Gasteiger partial charge in [-0.05, 0) is 43.4 Å². The number of guanidine groups is 1. The van der Waals surface area contributed by atoms with E-state index in [-0.39, 0.29) is 11.3 Å². The first-order valence-electron chi connectivity index (χ1n) is 9.81. The van der Waals surface area contributed by atoms with Crippen LogP contribution in [-0.4, -0.2) is 50.1 Å². The molecule has 0 radical (unpaired) electrons. The molecule has 2 rings (SSSR count). The van der Waals surface area contributed by atoms with Gasteiger partial charge in [-0.2, -0.15) is 0 Å². The molecule has 1 amide bonds. The minimum atomic E-state index is -0.219. The van der Waals surface area contributed by atoms with Crippen LogP contribution in [0.5, 0.6) is 5.75 Å². The molecule has 0 aliphatic carbocycles. The van der Waals surface area contributed by atoms with Crippen LogP contribution in [0.4, 0.5) is 0 Å². The molecule has 1 aliphatic rings. The minimum Gasteiger partial charge on any atom is -0.497 e. The monoisotopic (exact) mass is 374 g/mol. The Morgan fingerprint density at radius 2 is 2.22 bits per heavy atom. The number of methoxy groups -OCH3 is 1. The summed E-state index contributed by atoms with van der Waals surface area (Å²) in [6.07, 6.45) is 2.56. The molecule has 1 saturated heterocycles. The molecule has 6 heteroatoms. The van der Waals surface area contributed by atoms with E-state index in [4.69, 9.17) is 15.5 Å². The lowest BCUT2D eigenvalue weighted by atomic mass is 9.84. The number of amides is 1. The number of likely N-dealkylation sites (tertiary alicyclic amines) is 1. The topological polar surface area (TPSA) is 80.0 Å². The summed E-state index contributed by atoms with van der Waals surface area (Å²) in [6, 6.07) is 8.17. The van der Waals surface area contributed by atoms with Crippen LogP contribution in [0.3, 0.4) is 0 Å². The number of hydrogen-bond donors (Lipinski definition) is 2. The van der Waals surface area contributed by atoms with E-state index in [0.29, 0.717) is 18.9 Å². The fourth-order valence-electron chi connectivity index (χ4n) is 3.54. The molecule has 1 fully saturated rings. The molecule has 6 nitrogen and oxygen atoms in total. The summed E-state index contributed by atoms with van der Waals surface area (Å²) in [5.41, 5.74) is 6.48. The third-order valence-corrected chi connectivity index (χ3v) is 5.12. The van der Waals surface area contributed by atoms with Crippen LogP contribution in [0.1, 0.15) is 45.6 Å². The van der Waals surface area contributed by atoms with Crippen LogP contribution < -0.4 is 15.8 Å². The summed E-state index contributed by atoms with van der Waals surface area (Å²) in [6.45, 7) is 9.74. The largest absolute Gasteiger partial charge is 0.497 e. The Labute approximate surface area is 163 Å². The Bertz CT molecular complexity index is 657. The molecule has 1 aliphatic heterocycles. The van der Waals surface area contributed by atoms with E-state index in [9.17, 15) is 4.79 Å². The molecule has 0 spiro atoms. The van der Waals surface area contributed by atoms with Crippen molar-refractivity contribution in [2.45, 2.75) is 45.4 Å². The third kappa shape index (κ3) is 6.15. The van der Waals surface area contributed by atoms with Crippen LogP contribution in [0.25, 0.3) is 0 Å². The minimum absolute atomic E-state index is 0.113. The molecule has 150 valence electrons. The number of primary amides is 1. The number of carbonyl (C=O) groups is 1. The lowest BCUT2D eigenvalue weighted by molar-refractivity contribution is -0.119. The maximum atomic E-state index is 11.3. The Hall–Kier alpha value is -2.24. The third-order valence-electron chi connectivity index (χ3n) is 5.12. The number of ether oxygens (including phenoxy) is 1. The van der Waals surface area contributed by atoms with Crippen LogP contribution in [-0.2, 0) is 10.2 Å². The van der Waals surface area contributed by atoms with E-state index in [1.807, 2.05) is 12.1 Å². The fourth-order valence-corrected chi connectivity index (χ4v) is 3.54. The molecule has 0 aromatic heterocycles. The van der Waals surface area contributed by atoms with Gasteiger partial charge >= 0.3 is 0 Å². The lowest BCUT2D eigenvalue weighted by Crippen LogP contribution is -2.47. The molecular formula is C21H34N4O2. The van der Waals surface area contributed by atoms with Crippen molar-refractivity contribution < 1.29 is 9.53 Å². The Kier molecular flexibility index (Phi) is 7.51. The molecule has 3 N–H and O–H groups in total. The van der Waals surface area contributed by atoms with E-state index in [2.05, 4.69) is 43.1 Å². The highest BCUT2D eigenvalue weighted by molar-refractivity contribution is 5.80. The number of rotatable bonds is 7. The molecule has 27 heavy (non-hydrogen) atoms. The maximum Gasteiger partial charge on any atom is 0.217 e.